The Hall–Kier alpha value is -3.48. The third-order valence-corrected chi connectivity index (χ3v) is 4.78. The van der Waals surface area contributed by atoms with Crippen LogP contribution in [0.4, 0.5) is 15.9 Å². The predicted molar refractivity (Wildman–Crippen MR) is 103 cm³/mol. The zero-order valence-corrected chi connectivity index (χ0v) is 15.1. The molecular formula is C21H19FN4O2. The summed E-state index contributed by atoms with van der Waals surface area (Å²) in [6, 6.07) is 17.6. The minimum absolute atomic E-state index is 0.0486. The van der Waals surface area contributed by atoms with E-state index in [1.807, 2.05) is 30.3 Å². The Bertz CT molecular complexity index is 1000. The molecule has 3 aromatic rings. The molecule has 2 heterocycles. The van der Waals surface area contributed by atoms with Gasteiger partial charge >= 0.3 is 0 Å². The van der Waals surface area contributed by atoms with Crippen molar-refractivity contribution in [2.45, 2.75) is 13.0 Å². The summed E-state index contributed by atoms with van der Waals surface area (Å²) in [5.41, 5.74) is 1.26. The van der Waals surface area contributed by atoms with E-state index in [-0.39, 0.29) is 30.5 Å². The first-order chi connectivity index (χ1) is 13.6. The lowest BCUT2D eigenvalue weighted by Crippen LogP contribution is -2.29. The molecule has 0 bridgehead atoms. The predicted octanol–water partition coefficient (Wildman–Crippen LogP) is 3.06. The highest BCUT2D eigenvalue weighted by Gasteiger charge is 2.36. The maximum atomic E-state index is 14.0. The van der Waals surface area contributed by atoms with Crippen LogP contribution >= 0.6 is 0 Å². The van der Waals surface area contributed by atoms with Gasteiger partial charge in [-0.1, -0.05) is 42.5 Å². The van der Waals surface area contributed by atoms with E-state index in [0.29, 0.717) is 12.4 Å². The number of para-hydroxylation sites is 1. The molecule has 0 aliphatic carbocycles. The number of carbonyl (C=O) groups excluding carboxylic acids is 2. The Balaban J connectivity index is 1.45. The topological polar surface area (TPSA) is 67.2 Å². The van der Waals surface area contributed by atoms with Crippen LogP contribution in [0, 0.1) is 11.7 Å². The van der Waals surface area contributed by atoms with Gasteiger partial charge in [-0.2, -0.15) is 5.10 Å². The normalized spacial score (nSPS) is 16.4. The summed E-state index contributed by atoms with van der Waals surface area (Å²) in [5, 5.41) is 7.10. The van der Waals surface area contributed by atoms with E-state index in [9.17, 15) is 14.0 Å². The maximum absolute atomic E-state index is 14.0. The number of amides is 2. The second-order valence-electron chi connectivity index (χ2n) is 6.71. The quantitative estimate of drug-likeness (QED) is 0.742. The van der Waals surface area contributed by atoms with E-state index in [2.05, 4.69) is 10.4 Å². The van der Waals surface area contributed by atoms with Crippen molar-refractivity contribution in [3.05, 3.63) is 78.2 Å². The molecule has 6 nitrogen and oxygen atoms in total. The van der Waals surface area contributed by atoms with Crippen molar-refractivity contribution in [3.8, 4) is 0 Å². The Labute approximate surface area is 161 Å². The highest BCUT2D eigenvalue weighted by Crippen LogP contribution is 2.28. The van der Waals surface area contributed by atoms with Crippen LogP contribution in [0.1, 0.15) is 12.0 Å². The molecule has 0 unspecified atom stereocenters. The summed E-state index contributed by atoms with van der Waals surface area (Å²) >= 11 is 0. The minimum atomic E-state index is -0.549. The molecule has 1 atom stereocenters. The molecule has 142 valence electrons. The molecular weight excluding hydrogens is 359 g/mol. The Kier molecular flexibility index (Phi) is 4.89. The van der Waals surface area contributed by atoms with E-state index in [4.69, 9.17) is 0 Å². The smallest absolute Gasteiger partial charge is 0.230 e. The number of hydrogen-bond acceptors (Lipinski definition) is 3. The molecule has 1 N–H and O–H groups in total. The summed E-state index contributed by atoms with van der Waals surface area (Å²) in [7, 11) is 0. The van der Waals surface area contributed by atoms with Crippen molar-refractivity contribution in [1.29, 1.82) is 0 Å². The van der Waals surface area contributed by atoms with Crippen LogP contribution in [0.25, 0.3) is 0 Å². The van der Waals surface area contributed by atoms with Crippen LogP contribution in [-0.2, 0) is 16.1 Å². The van der Waals surface area contributed by atoms with Gasteiger partial charge in [0.1, 0.15) is 11.6 Å². The molecule has 1 aliphatic rings. The number of benzene rings is 2. The van der Waals surface area contributed by atoms with Crippen molar-refractivity contribution >= 4 is 23.3 Å². The van der Waals surface area contributed by atoms with Crippen LogP contribution in [0.2, 0.25) is 0 Å². The summed E-state index contributed by atoms with van der Waals surface area (Å²) in [6.45, 7) is 0.673. The van der Waals surface area contributed by atoms with Crippen molar-refractivity contribution in [3.63, 3.8) is 0 Å². The lowest BCUT2D eigenvalue weighted by molar-refractivity contribution is -0.122. The number of nitrogens with one attached hydrogen (secondary N) is 1. The van der Waals surface area contributed by atoms with Gasteiger partial charge in [-0.05, 0) is 17.7 Å². The number of aromatic nitrogens is 2. The molecule has 1 aliphatic heterocycles. The van der Waals surface area contributed by atoms with E-state index in [0.717, 1.165) is 5.56 Å². The second kappa shape index (κ2) is 7.64. The third kappa shape index (κ3) is 3.64. The lowest BCUT2D eigenvalue weighted by atomic mass is 10.1. The summed E-state index contributed by atoms with van der Waals surface area (Å²) in [6.07, 6.45) is 1.66. The van der Waals surface area contributed by atoms with Gasteiger partial charge in [-0.25, -0.2) is 9.07 Å². The molecule has 2 amide bonds. The fraction of sp³-hybridized carbons (Fsp3) is 0.190. The van der Waals surface area contributed by atoms with Crippen LogP contribution in [-0.4, -0.2) is 28.1 Å². The highest BCUT2D eigenvalue weighted by molar-refractivity contribution is 6.03. The van der Waals surface area contributed by atoms with Crippen molar-refractivity contribution in [1.82, 2.24) is 9.78 Å². The molecule has 0 spiro atoms. The van der Waals surface area contributed by atoms with Crippen LogP contribution < -0.4 is 10.2 Å². The molecule has 2 aromatic carbocycles. The maximum Gasteiger partial charge on any atom is 0.230 e. The SMILES string of the molecule is O=C(Nc1ccnn1Cc1ccccc1)[C@H]1CC(=O)N(c2ccccc2F)C1. The van der Waals surface area contributed by atoms with Gasteiger partial charge in [-0.3, -0.25) is 9.59 Å². The van der Waals surface area contributed by atoms with E-state index in [1.54, 1.807) is 35.1 Å². The number of anilines is 2. The second-order valence-corrected chi connectivity index (χ2v) is 6.71. The third-order valence-electron chi connectivity index (χ3n) is 4.78. The van der Waals surface area contributed by atoms with Gasteiger partial charge in [0.05, 0.1) is 24.3 Å². The fourth-order valence-electron chi connectivity index (χ4n) is 3.34. The van der Waals surface area contributed by atoms with Crippen LogP contribution in [0.3, 0.4) is 0 Å². The Morgan fingerprint density at radius 3 is 2.64 bits per heavy atom. The van der Waals surface area contributed by atoms with Crippen molar-refractivity contribution in [2.24, 2.45) is 5.92 Å². The molecule has 1 saturated heterocycles. The van der Waals surface area contributed by atoms with Gasteiger partial charge < -0.3 is 10.2 Å². The first-order valence-electron chi connectivity index (χ1n) is 9.03. The summed E-state index contributed by atoms with van der Waals surface area (Å²) in [4.78, 5) is 26.3. The molecule has 4 rings (SSSR count). The zero-order chi connectivity index (χ0) is 19.5. The van der Waals surface area contributed by atoms with Gasteiger partial charge in [0.25, 0.3) is 0 Å². The molecule has 0 radical (unpaired) electrons. The molecule has 1 fully saturated rings. The van der Waals surface area contributed by atoms with E-state index >= 15 is 0 Å². The average molecular weight is 378 g/mol. The Morgan fingerprint density at radius 1 is 1.11 bits per heavy atom. The van der Waals surface area contributed by atoms with Gasteiger partial charge in [0, 0.05) is 19.0 Å². The van der Waals surface area contributed by atoms with Gasteiger partial charge in [0.15, 0.2) is 0 Å². The fourth-order valence-corrected chi connectivity index (χ4v) is 3.34. The Morgan fingerprint density at radius 2 is 1.86 bits per heavy atom. The number of nitrogens with zero attached hydrogens (tertiary/aromatic N) is 3. The number of carbonyl (C=O) groups is 2. The van der Waals surface area contributed by atoms with Gasteiger partial charge in [0.2, 0.25) is 11.8 Å². The molecule has 1 aromatic heterocycles. The monoisotopic (exact) mass is 378 g/mol. The first kappa shape index (κ1) is 17.9. The number of halogens is 1. The van der Waals surface area contributed by atoms with Crippen LogP contribution in [0.5, 0.6) is 0 Å². The number of hydrogen-bond donors (Lipinski definition) is 1. The lowest BCUT2D eigenvalue weighted by Gasteiger charge is -2.17. The van der Waals surface area contributed by atoms with E-state index < -0.39 is 11.7 Å². The van der Waals surface area contributed by atoms with Crippen molar-refractivity contribution in [2.75, 3.05) is 16.8 Å². The summed E-state index contributed by atoms with van der Waals surface area (Å²) < 4.78 is 15.7. The number of rotatable bonds is 5. The molecule has 0 saturated carbocycles. The average Bonchev–Trinajstić information content (AvgIpc) is 3.29. The highest BCUT2D eigenvalue weighted by atomic mass is 19.1. The van der Waals surface area contributed by atoms with E-state index in [1.165, 1.54) is 11.0 Å². The molecule has 7 heteroatoms. The molecule has 28 heavy (non-hydrogen) atoms. The largest absolute Gasteiger partial charge is 0.311 e. The standard InChI is InChI=1S/C21H19FN4O2/c22-17-8-4-5-9-18(17)25-14-16(12-20(25)27)21(28)24-19-10-11-23-26(19)13-15-6-2-1-3-7-15/h1-11,16H,12-14H2,(H,24,28)/t16-/m0/s1. The first-order valence-corrected chi connectivity index (χ1v) is 9.03. The van der Waals surface area contributed by atoms with Gasteiger partial charge in [-0.15, -0.1) is 0 Å². The summed E-state index contributed by atoms with van der Waals surface area (Å²) in [5.74, 6) is -0.999. The zero-order valence-electron chi connectivity index (χ0n) is 15.1. The van der Waals surface area contributed by atoms with Crippen molar-refractivity contribution < 1.29 is 14.0 Å². The minimum Gasteiger partial charge on any atom is -0.311 e. The van der Waals surface area contributed by atoms with Crippen LogP contribution in [0.15, 0.2) is 66.9 Å².